The van der Waals surface area contributed by atoms with Crippen LogP contribution in [0.4, 0.5) is 0 Å². The van der Waals surface area contributed by atoms with E-state index in [1.54, 1.807) is 0 Å². The summed E-state index contributed by atoms with van der Waals surface area (Å²) in [4.78, 5) is 4.94. The van der Waals surface area contributed by atoms with Crippen LogP contribution in [0, 0.1) is 12.3 Å². The molecule has 4 atom stereocenters. The molecule has 0 radical (unpaired) electrons. The van der Waals surface area contributed by atoms with Crippen LogP contribution in [0.1, 0.15) is 25.8 Å². The van der Waals surface area contributed by atoms with Gasteiger partial charge in [-0.25, -0.2) is 4.98 Å². The molecule has 0 N–H and O–H groups in total. The molecule has 3 unspecified atom stereocenters. The molecule has 0 bridgehead atoms. The van der Waals surface area contributed by atoms with Crippen molar-refractivity contribution >= 4 is 10.9 Å². The first-order chi connectivity index (χ1) is 13.2. The molecule has 3 fully saturated rings. The molecule has 1 aliphatic carbocycles. The summed E-state index contributed by atoms with van der Waals surface area (Å²) in [6.45, 7) is 5.36. The molecule has 3 aliphatic rings. The second-order valence-corrected chi connectivity index (χ2v) is 8.21. The first-order valence-corrected chi connectivity index (χ1v) is 10.4. The molecule has 3 aromatic rings. The van der Waals surface area contributed by atoms with Crippen LogP contribution in [0.5, 0.6) is 0 Å². The van der Waals surface area contributed by atoms with Crippen LogP contribution >= 0.6 is 0 Å². The smallest absolute Gasteiger partial charge is 0.338 e. The molecule has 2 aromatic carbocycles. The molecule has 2 saturated heterocycles. The quantitative estimate of drug-likeness (QED) is 0.345. The van der Waals surface area contributed by atoms with Gasteiger partial charge in [-0.15, -0.1) is 5.92 Å². The first-order valence-electron chi connectivity index (χ1n) is 10.4. The minimum absolute atomic E-state index is 0. The normalized spacial score (nSPS) is 31.1. The van der Waals surface area contributed by atoms with E-state index in [-0.39, 0.29) is 58.2 Å². The molecule has 3 heteroatoms. The van der Waals surface area contributed by atoms with E-state index < -0.39 is 0 Å². The van der Waals surface area contributed by atoms with Gasteiger partial charge in [-0.1, -0.05) is 62.4 Å². The third-order valence-electron chi connectivity index (χ3n) is 7.18. The van der Waals surface area contributed by atoms with E-state index in [1.807, 2.05) is 13.8 Å². The van der Waals surface area contributed by atoms with Crippen molar-refractivity contribution in [2.75, 3.05) is 13.6 Å². The summed E-state index contributed by atoms with van der Waals surface area (Å²) in [6.07, 6.45) is 5.20. The van der Waals surface area contributed by atoms with Crippen LogP contribution < -0.4 is 58.2 Å². The van der Waals surface area contributed by atoms with Gasteiger partial charge in [0.05, 0.1) is 24.8 Å². The summed E-state index contributed by atoms with van der Waals surface area (Å²) in [5, 5.41) is 1.33. The van der Waals surface area contributed by atoms with Gasteiger partial charge in [0.2, 0.25) is 0 Å². The summed E-state index contributed by atoms with van der Waals surface area (Å²) in [7, 11) is 2.47. The van der Waals surface area contributed by atoms with Gasteiger partial charge in [0.25, 0.3) is 0 Å². The SMILES string of the molecule is CC.C[N+]12CCC3[CH-]C31[C@H]2Cc1cc(-c2ccccc2)nc2ccccc12.[Rb+]. The van der Waals surface area contributed by atoms with E-state index in [9.17, 15) is 0 Å². The van der Waals surface area contributed by atoms with Crippen molar-refractivity contribution < 1.29 is 62.7 Å². The van der Waals surface area contributed by atoms with Gasteiger partial charge >= 0.3 is 58.2 Å². The fourth-order valence-electron chi connectivity index (χ4n) is 5.74. The third-order valence-corrected chi connectivity index (χ3v) is 7.18. The van der Waals surface area contributed by atoms with Crippen LogP contribution in [-0.4, -0.2) is 34.6 Å². The Morgan fingerprint density at radius 3 is 2.46 bits per heavy atom. The third kappa shape index (κ3) is 2.94. The summed E-state index contributed by atoms with van der Waals surface area (Å²) >= 11 is 0. The molecule has 2 aliphatic heterocycles. The Kier molecular flexibility index (Phi) is 5.74. The summed E-state index contributed by atoms with van der Waals surface area (Å²) < 4.78 is 1.29. The molecular formula is C25H28N2Rb+. The topological polar surface area (TPSA) is 12.9 Å². The van der Waals surface area contributed by atoms with E-state index in [0.717, 1.165) is 23.2 Å². The van der Waals surface area contributed by atoms with E-state index >= 15 is 0 Å². The van der Waals surface area contributed by atoms with Crippen LogP contribution in [-0.2, 0) is 6.42 Å². The molecule has 3 heterocycles. The minimum Gasteiger partial charge on any atom is -0.338 e. The van der Waals surface area contributed by atoms with Crippen LogP contribution in [0.2, 0.25) is 0 Å². The van der Waals surface area contributed by atoms with Crippen molar-refractivity contribution in [2.45, 2.75) is 38.3 Å². The predicted octanol–water partition coefficient (Wildman–Crippen LogP) is 2.28. The predicted molar refractivity (Wildman–Crippen MR) is 112 cm³/mol. The molecule has 6 rings (SSSR count). The summed E-state index contributed by atoms with van der Waals surface area (Å²) in [5.74, 6) is 0.893. The van der Waals surface area contributed by atoms with Gasteiger partial charge in [-0.05, 0) is 24.1 Å². The van der Waals surface area contributed by atoms with E-state index in [1.165, 1.54) is 40.4 Å². The average Bonchev–Trinajstić information content (AvgIpc) is 3.55. The zero-order chi connectivity index (χ0) is 18.6. The fourth-order valence-corrected chi connectivity index (χ4v) is 5.74. The monoisotopic (exact) mass is 441 g/mol. The zero-order valence-electron chi connectivity index (χ0n) is 17.5. The summed E-state index contributed by atoms with van der Waals surface area (Å²) in [5.41, 5.74) is 5.44. The van der Waals surface area contributed by atoms with Crippen molar-refractivity contribution in [3.05, 3.63) is 72.6 Å². The van der Waals surface area contributed by atoms with Gasteiger partial charge in [0.15, 0.2) is 0 Å². The molecule has 1 spiro atoms. The molecule has 28 heavy (non-hydrogen) atoms. The van der Waals surface area contributed by atoms with Gasteiger partial charge in [0.1, 0.15) is 6.04 Å². The molecule has 1 aromatic heterocycles. The van der Waals surface area contributed by atoms with E-state index in [0.29, 0.717) is 5.54 Å². The van der Waals surface area contributed by atoms with Crippen molar-refractivity contribution in [3.63, 3.8) is 0 Å². The second-order valence-electron chi connectivity index (χ2n) is 8.21. The molecule has 2 nitrogen and oxygen atoms in total. The van der Waals surface area contributed by atoms with Gasteiger partial charge in [-0.3, -0.25) is 6.42 Å². The average molecular weight is 442 g/mol. The number of rotatable bonds is 3. The number of fused-ring (bicyclic) bond motifs is 1. The largest absolute Gasteiger partial charge is 1.00 e. The maximum atomic E-state index is 4.94. The van der Waals surface area contributed by atoms with Crippen molar-refractivity contribution in [1.82, 2.24) is 4.98 Å². The van der Waals surface area contributed by atoms with Crippen molar-refractivity contribution in [2.24, 2.45) is 5.92 Å². The van der Waals surface area contributed by atoms with Crippen LogP contribution in [0.25, 0.3) is 22.2 Å². The Balaban J connectivity index is 0.000000622. The number of likely N-dealkylation sites (N-methyl/N-ethyl adjacent to an activating group) is 1. The molecular weight excluding hydrogens is 414 g/mol. The molecule has 0 amide bonds. The van der Waals surface area contributed by atoms with Crippen molar-refractivity contribution in [1.29, 1.82) is 0 Å². The number of hydrogen-bond donors (Lipinski definition) is 0. The number of piperidine rings is 2. The van der Waals surface area contributed by atoms with Crippen LogP contribution in [0.15, 0.2) is 60.7 Å². The van der Waals surface area contributed by atoms with E-state index in [4.69, 9.17) is 4.98 Å². The number of aromatic nitrogens is 1. The maximum Gasteiger partial charge on any atom is 1.00 e. The maximum absolute atomic E-state index is 4.94. The Hall–Kier alpha value is -0.385. The fraction of sp³-hybridized carbons (Fsp3) is 0.360. The molecule has 1 saturated carbocycles. The Morgan fingerprint density at radius 2 is 1.79 bits per heavy atom. The van der Waals surface area contributed by atoms with Crippen LogP contribution in [0.3, 0.4) is 0 Å². The number of pyridine rings is 1. The number of quaternary nitrogens is 1. The molecule has 138 valence electrons. The van der Waals surface area contributed by atoms with E-state index in [2.05, 4.69) is 74.1 Å². The Labute approximate surface area is 217 Å². The van der Waals surface area contributed by atoms with Gasteiger partial charge in [0, 0.05) is 22.9 Å². The Bertz CT molecular complexity index is 998. The van der Waals surface area contributed by atoms with Gasteiger partial charge < -0.3 is 4.48 Å². The number of para-hydroxylation sites is 1. The number of hydrogen-bond acceptors (Lipinski definition) is 1. The summed E-state index contributed by atoms with van der Waals surface area (Å²) in [6, 6.07) is 22.3. The standard InChI is InChI=1S/C23H22N2.C2H6.Rb/c1-25-12-11-18-15-23(18,25)22(25)14-17-13-21(16-7-3-2-4-8-16)24-20-10-6-5-9-19(17)20;1-2;/h2-10,13,15,18,22H,11-12,14H2,1H3;1-2H3;/q;;+1/t18?,22-,23?,25?;;/m1../s1. The van der Waals surface area contributed by atoms with Gasteiger partial charge in [-0.2, -0.15) is 0 Å². The number of nitrogens with zero attached hydrogens (tertiary/aromatic N) is 2. The number of benzene rings is 2. The van der Waals surface area contributed by atoms with Crippen molar-refractivity contribution in [3.8, 4) is 11.3 Å². The zero-order valence-corrected chi connectivity index (χ0v) is 22.4. The first kappa shape index (κ1) is 20.9. The Morgan fingerprint density at radius 1 is 1.07 bits per heavy atom. The second kappa shape index (κ2) is 7.70. The minimum atomic E-state index is 0.